The van der Waals surface area contributed by atoms with E-state index in [0.29, 0.717) is 42.7 Å². The van der Waals surface area contributed by atoms with E-state index in [9.17, 15) is 4.79 Å². The van der Waals surface area contributed by atoms with Crippen molar-refractivity contribution in [1.29, 1.82) is 0 Å². The Morgan fingerprint density at radius 3 is 2.59 bits per heavy atom. The van der Waals surface area contributed by atoms with Gasteiger partial charge in [-0.2, -0.15) is 4.98 Å². The Hall–Kier alpha value is -3.19. The van der Waals surface area contributed by atoms with Crippen LogP contribution in [0.5, 0.6) is 11.6 Å². The Morgan fingerprint density at radius 1 is 1.09 bits per heavy atom. The first kappa shape index (κ1) is 22.6. The van der Waals surface area contributed by atoms with Crippen molar-refractivity contribution in [3.63, 3.8) is 0 Å². The number of anilines is 1. The van der Waals surface area contributed by atoms with E-state index in [2.05, 4.69) is 16.8 Å². The molecular formula is C26H28ClN5O2. The van der Waals surface area contributed by atoms with Crippen LogP contribution in [-0.2, 0) is 13.0 Å². The van der Waals surface area contributed by atoms with Crippen molar-refractivity contribution >= 4 is 23.5 Å². The predicted octanol–water partition coefficient (Wildman–Crippen LogP) is 5.06. The number of carbonyl (C=O) groups excluding carboxylic acids is 1. The molecule has 4 heterocycles. The lowest BCUT2D eigenvalue weighted by molar-refractivity contribution is 0.0731. The highest BCUT2D eigenvalue weighted by molar-refractivity contribution is 6.32. The van der Waals surface area contributed by atoms with E-state index in [1.165, 1.54) is 0 Å². The van der Waals surface area contributed by atoms with Crippen molar-refractivity contribution in [2.45, 2.75) is 39.7 Å². The minimum Gasteiger partial charge on any atom is -0.438 e. The minimum atomic E-state index is -0.154. The Balaban J connectivity index is 1.48. The summed E-state index contributed by atoms with van der Waals surface area (Å²) in [4.78, 5) is 31.0. The van der Waals surface area contributed by atoms with Gasteiger partial charge in [-0.15, -0.1) is 0 Å². The number of ether oxygens (including phenoxy) is 1. The topological polar surface area (TPSA) is 71.5 Å². The van der Waals surface area contributed by atoms with Crippen molar-refractivity contribution < 1.29 is 9.53 Å². The van der Waals surface area contributed by atoms with Crippen LogP contribution in [0.15, 0.2) is 42.6 Å². The van der Waals surface area contributed by atoms with Crippen molar-refractivity contribution in [3.05, 3.63) is 70.1 Å². The number of carbonyl (C=O) groups is 1. The molecule has 7 nitrogen and oxygen atoms in total. The predicted molar refractivity (Wildman–Crippen MR) is 132 cm³/mol. The number of piperidine rings is 1. The van der Waals surface area contributed by atoms with Crippen LogP contribution in [0.25, 0.3) is 0 Å². The molecule has 0 N–H and O–H groups in total. The molecule has 1 fully saturated rings. The molecule has 0 saturated carbocycles. The Bertz CT molecular complexity index is 1190. The Morgan fingerprint density at radius 2 is 1.85 bits per heavy atom. The molecule has 2 aliphatic heterocycles. The van der Waals surface area contributed by atoms with Gasteiger partial charge >= 0.3 is 0 Å². The highest BCUT2D eigenvalue weighted by Gasteiger charge is 2.30. The summed E-state index contributed by atoms with van der Waals surface area (Å²) in [5.74, 6) is 2.50. The summed E-state index contributed by atoms with van der Waals surface area (Å²) < 4.78 is 6.29. The quantitative estimate of drug-likeness (QED) is 0.489. The van der Waals surface area contributed by atoms with Gasteiger partial charge in [0, 0.05) is 32.3 Å². The van der Waals surface area contributed by atoms with Crippen LogP contribution in [0.1, 0.15) is 46.9 Å². The molecule has 5 rings (SSSR count). The zero-order chi connectivity index (χ0) is 23.7. The van der Waals surface area contributed by atoms with E-state index in [1.54, 1.807) is 23.2 Å². The fourth-order valence-corrected chi connectivity index (χ4v) is 4.61. The molecule has 1 saturated heterocycles. The van der Waals surface area contributed by atoms with E-state index >= 15 is 0 Å². The van der Waals surface area contributed by atoms with E-state index in [1.807, 2.05) is 31.2 Å². The molecule has 1 aromatic carbocycles. The number of pyridine rings is 1. The van der Waals surface area contributed by atoms with Gasteiger partial charge in [0.15, 0.2) is 0 Å². The second-order valence-corrected chi connectivity index (χ2v) is 9.52. The summed E-state index contributed by atoms with van der Waals surface area (Å²) in [5, 5.41) is 0.209. The number of nitrogens with zero attached hydrogens (tertiary/aromatic N) is 5. The van der Waals surface area contributed by atoms with Crippen LogP contribution in [0.4, 0.5) is 5.95 Å². The van der Waals surface area contributed by atoms with Crippen molar-refractivity contribution in [3.8, 4) is 11.6 Å². The molecule has 2 aliphatic rings. The monoisotopic (exact) mass is 477 g/mol. The van der Waals surface area contributed by atoms with Crippen molar-refractivity contribution in [2.24, 2.45) is 5.92 Å². The number of aryl methyl sites for hydroxylation is 1. The first-order valence-corrected chi connectivity index (χ1v) is 12.1. The average Bonchev–Trinajstić information content (AvgIpc) is 2.85. The lowest BCUT2D eigenvalue weighted by Gasteiger charge is -2.33. The number of rotatable bonds is 4. The third-order valence-electron chi connectivity index (χ3n) is 6.59. The van der Waals surface area contributed by atoms with Gasteiger partial charge in [-0.25, -0.2) is 9.97 Å². The van der Waals surface area contributed by atoms with Gasteiger partial charge < -0.3 is 14.5 Å². The lowest BCUT2D eigenvalue weighted by atomic mass is 9.99. The first-order valence-electron chi connectivity index (χ1n) is 11.8. The fourth-order valence-electron chi connectivity index (χ4n) is 4.41. The van der Waals surface area contributed by atoms with Crippen LogP contribution in [0.3, 0.4) is 0 Å². The summed E-state index contributed by atoms with van der Waals surface area (Å²) in [6, 6.07) is 11.3. The van der Waals surface area contributed by atoms with Crippen molar-refractivity contribution in [2.75, 3.05) is 24.5 Å². The van der Waals surface area contributed by atoms with Gasteiger partial charge in [0.2, 0.25) is 11.8 Å². The molecule has 34 heavy (non-hydrogen) atoms. The van der Waals surface area contributed by atoms with Gasteiger partial charge in [-0.05, 0) is 49.9 Å². The Kier molecular flexibility index (Phi) is 6.37. The maximum absolute atomic E-state index is 13.2. The lowest BCUT2D eigenvalue weighted by Crippen LogP contribution is -2.38. The molecule has 2 aromatic heterocycles. The number of amides is 1. The summed E-state index contributed by atoms with van der Waals surface area (Å²) in [6.07, 6.45) is 4.46. The highest BCUT2D eigenvalue weighted by atomic mass is 35.5. The van der Waals surface area contributed by atoms with E-state index in [4.69, 9.17) is 26.3 Å². The van der Waals surface area contributed by atoms with Gasteiger partial charge in [0.05, 0.1) is 23.4 Å². The molecule has 176 valence electrons. The molecular weight excluding hydrogens is 450 g/mol. The van der Waals surface area contributed by atoms with E-state index in [-0.39, 0.29) is 11.1 Å². The second-order valence-electron chi connectivity index (χ2n) is 9.16. The Labute approximate surface area is 204 Å². The van der Waals surface area contributed by atoms with Crippen LogP contribution >= 0.6 is 11.6 Å². The second kappa shape index (κ2) is 9.58. The molecule has 0 spiro atoms. The largest absolute Gasteiger partial charge is 0.438 e. The smallest absolute Gasteiger partial charge is 0.257 e. The summed E-state index contributed by atoms with van der Waals surface area (Å²) in [6.45, 7) is 7.12. The number of halogens is 1. The number of benzene rings is 1. The first-order chi connectivity index (χ1) is 16.5. The third kappa shape index (κ3) is 4.71. The summed E-state index contributed by atoms with van der Waals surface area (Å²) >= 11 is 6.19. The van der Waals surface area contributed by atoms with Gasteiger partial charge in [-0.3, -0.25) is 4.79 Å². The zero-order valence-electron chi connectivity index (χ0n) is 19.5. The number of aromatic nitrogens is 3. The molecule has 8 heteroatoms. The maximum Gasteiger partial charge on any atom is 0.257 e. The number of fused-ring (bicyclic) bond motifs is 1. The molecule has 0 radical (unpaired) electrons. The molecule has 0 aliphatic carbocycles. The highest BCUT2D eigenvalue weighted by Crippen LogP contribution is 2.33. The van der Waals surface area contributed by atoms with Crippen LogP contribution < -0.4 is 9.64 Å². The zero-order valence-corrected chi connectivity index (χ0v) is 20.3. The molecule has 0 atom stereocenters. The normalized spacial score (nSPS) is 16.3. The van der Waals surface area contributed by atoms with Crippen LogP contribution in [0.2, 0.25) is 5.15 Å². The van der Waals surface area contributed by atoms with E-state index in [0.717, 1.165) is 48.7 Å². The van der Waals surface area contributed by atoms with Crippen LogP contribution in [-0.4, -0.2) is 45.4 Å². The minimum absolute atomic E-state index is 0.154. The number of hydrogen-bond acceptors (Lipinski definition) is 6. The molecule has 3 aromatic rings. The van der Waals surface area contributed by atoms with E-state index < -0.39 is 0 Å². The van der Waals surface area contributed by atoms with Gasteiger partial charge in [-0.1, -0.05) is 36.2 Å². The standard InChI is InChI=1S/C26H28ClN5O2/c1-17-5-7-19(8-6-17)34-24-21-16-32(25(33)20-4-3-12-28-23(20)27)15-11-22(21)29-26(30-24)31-13-9-18(2)10-14-31/h3-8,12,18H,9-11,13-16H2,1-2H3. The summed E-state index contributed by atoms with van der Waals surface area (Å²) in [5.41, 5.74) is 3.33. The average molecular weight is 478 g/mol. The van der Waals surface area contributed by atoms with Crippen LogP contribution in [0, 0.1) is 12.8 Å². The molecule has 1 amide bonds. The maximum atomic E-state index is 13.2. The third-order valence-corrected chi connectivity index (χ3v) is 6.89. The number of hydrogen-bond donors (Lipinski definition) is 0. The SMILES string of the molecule is Cc1ccc(Oc2nc(N3CCC(C)CC3)nc3c2CN(C(=O)c2cccnc2Cl)CC3)cc1. The molecule has 0 unspecified atom stereocenters. The molecule has 0 bridgehead atoms. The van der Waals surface area contributed by atoms with Gasteiger partial charge in [0.25, 0.3) is 5.91 Å². The summed E-state index contributed by atoms with van der Waals surface area (Å²) in [7, 11) is 0. The fraction of sp³-hybridized carbons (Fsp3) is 0.385. The van der Waals surface area contributed by atoms with Gasteiger partial charge in [0.1, 0.15) is 10.9 Å². The van der Waals surface area contributed by atoms with Crippen molar-refractivity contribution in [1.82, 2.24) is 19.9 Å².